The highest BCUT2D eigenvalue weighted by Gasteiger charge is 2.29. The van der Waals surface area contributed by atoms with Crippen molar-refractivity contribution in [1.82, 2.24) is 25.6 Å². The summed E-state index contributed by atoms with van der Waals surface area (Å²) in [5.41, 5.74) is 2.11. The maximum Gasteiger partial charge on any atom is 0.264 e. The SMILES string of the molecule is O=c1ccc(C(O)C2CCCN(c3nnnc4cc(N5CCOCC5)ccc34)C2)n[nH]1. The third kappa shape index (κ3) is 4.08. The van der Waals surface area contributed by atoms with Crippen molar-refractivity contribution in [2.24, 2.45) is 5.92 Å². The Morgan fingerprint density at radius 3 is 2.77 bits per heavy atom. The molecule has 4 heterocycles. The van der Waals surface area contributed by atoms with Gasteiger partial charge in [0.25, 0.3) is 5.56 Å². The maximum atomic E-state index is 11.3. The predicted octanol–water partition coefficient (Wildman–Crippen LogP) is 0.895. The highest BCUT2D eigenvalue weighted by atomic mass is 16.5. The number of fused-ring (bicyclic) bond motifs is 1. The lowest BCUT2D eigenvalue weighted by atomic mass is 9.90. The molecule has 5 rings (SSSR count). The van der Waals surface area contributed by atoms with Gasteiger partial charge in [0.2, 0.25) is 0 Å². The van der Waals surface area contributed by atoms with E-state index in [1.54, 1.807) is 6.07 Å². The van der Waals surface area contributed by atoms with E-state index in [2.05, 4.69) is 53.6 Å². The first-order chi connectivity index (χ1) is 15.2. The number of piperidine rings is 1. The zero-order valence-electron chi connectivity index (χ0n) is 17.1. The van der Waals surface area contributed by atoms with E-state index >= 15 is 0 Å². The monoisotopic (exact) mass is 423 g/mol. The molecule has 0 amide bonds. The molecular formula is C21H25N7O3. The number of aromatic nitrogens is 5. The third-order valence-electron chi connectivity index (χ3n) is 6.10. The molecule has 1 aromatic carbocycles. The summed E-state index contributed by atoms with van der Waals surface area (Å²) in [4.78, 5) is 15.7. The molecule has 0 radical (unpaired) electrons. The first-order valence-electron chi connectivity index (χ1n) is 10.6. The van der Waals surface area contributed by atoms with Gasteiger partial charge >= 0.3 is 0 Å². The maximum absolute atomic E-state index is 11.3. The Balaban J connectivity index is 1.39. The average molecular weight is 423 g/mol. The fraction of sp³-hybridized carbons (Fsp3) is 0.476. The molecule has 31 heavy (non-hydrogen) atoms. The number of rotatable bonds is 4. The summed E-state index contributed by atoms with van der Waals surface area (Å²) in [5, 5.41) is 30.8. The van der Waals surface area contributed by atoms with Gasteiger partial charge in [0.05, 0.1) is 18.9 Å². The van der Waals surface area contributed by atoms with Gasteiger partial charge < -0.3 is 19.6 Å². The van der Waals surface area contributed by atoms with E-state index in [0.29, 0.717) is 12.2 Å². The van der Waals surface area contributed by atoms with E-state index in [4.69, 9.17) is 4.74 Å². The zero-order chi connectivity index (χ0) is 21.2. The quantitative estimate of drug-likeness (QED) is 0.630. The minimum atomic E-state index is -0.756. The molecule has 10 nitrogen and oxygen atoms in total. The van der Waals surface area contributed by atoms with E-state index in [9.17, 15) is 9.90 Å². The summed E-state index contributed by atoms with van der Waals surface area (Å²) < 4.78 is 5.45. The van der Waals surface area contributed by atoms with Crippen LogP contribution in [0.2, 0.25) is 0 Å². The number of morpholine rings is 1. The zero-order valence-corrected chi connectivity index (χ0v) is 17.1. The molecule has 2 aliphatic rings. The Bertz CT molecular complexity index is 1100. The fourth-order valence-corrected chi connectivity index (χ4v) is 4.43. The molecule has 10 heteroatoms. The van der Waals surface area contributed by atoms with E-state index in [1.807, 2.05) is 0 Å². The summed E-state index contributed by atoms with van der Waals surface area (Å²) in [5.74, 6) is 0.759. The topological polar surface area (TPSA) is 120 Å². The van der Waals surface area contributed by atoms with E-state index < -0.39 is 6.10 Å². The molecule has 2 N–H and O–H groups in total. The number of aliphatic hydroxyl groups excluding tert-OH is 1. The Kier molecular flexibility index (Phi) is 5.47. The van der Waals surface area contributed by atoms with Crippen molar-refractivity contribution in [2.75, 3.05) is 49.2 Å². The van der Waals surface area contributed by atoms with Crippen LogP contribution >= 0.6 is 0 Å². The molecule has 2 fully saturated rings. The van der Waals surface area contributed by atoms with Crippen LogP contribution in [-0.4, -0.2) is 70.1 Å². The van der Waals surface area contributed by atoms with Gasteiger partial charge in [0.1, 0.15) is 11.6 Å². The number of aliphatic hydroxyl groups is 1. The Labute approximate surface area is 178 Å². The summed E-state index contributed by atoms with van der Waals surface area (Å²) in [7, 11) is 0. The number of nitrogens with one attached hydrogen (secondary N) is 1. The number of aromatic amines is 1. The number of benzene rings is 1. The largest absolute Gasteiger partial charge is 0.386 e. The van der Waals surface area contributed by atoms with Crippen molar-refractivity contribution in [2.45, 2.75) is 18.9 Å². The molecule has 2 aromatic heterocycles. The van der Waals surface area contributed by atoms with Gasteiger partial charge in [-0.05, 0) is 42.3 Å². The average Bonchev–Trinajstić information content (AvgIpc) is 2.84. The first kappa shape index (κ1) is 19.8. The van der Waals surface area contributed by atoms with Crippen molar-refractivity contribution in [3.8, 4) is 0 Å². The standard InChI is InChI=1S/C21H25N7O3/c29-19-6-5-17(22-24-19)20(30)14-2-1-7-28(13-14)21-16-4-3-15(12-18(16)23-26-25-21)27-8-10-31-11-9-27/h3-6,12,14,20,30H,1-2,7-11,13H2,(H,24,29). The molecule has 0 bridgehead atoms. The summed E-state index contributed by atoms with van der Waals surface area (Å²) >= 11 is 0. The number of H-pyrrole nitrogens is 1. The minimum Gasteiger partial charge on any atom is -0.386 e. The molecule has 2 unspecified atom stereocenters. The number of ether oxygens (including phenoxy) is 1. The van der Waals surface area contributed by atoms with Crippen LogP contribution in [0.1, 0.15) is 24.6 Å². The van der Waals surface area contributed by atoms with Crippen molar-refractivity contribution < 1.29 is 9.84 Å². The van der Waals surface area contributed by atoms with E-state index in [1.165, 1.54) is 6.07 Å². The van der Waals surface area contributed by atoms with E-state index in [-0.39, 0.29) is 11.5 Å². The highest BCUT2D eigenvalue weighted by molar-refractivity contribution is 5.91. The Morgan fingerprint density at radius 1 is 1.10 bits per heavy atom. The number of nitrogens with zero attached hydrogens (tertiary/aromatic N) is 6. The van der Waals surface area contributed by atoms with E-state index in [0.717, 1.165) is 68.1 Å². The molecule has 0 aliphatic carbocycles. The molecule has 3 aromatic rings. The van der Waals surface area contributed by atoms with Gasteiger partial charge in [-0.3, -0.25) is 4.79 Å². The number of anilines is 2. The van der Waals surface area contributed by atoms with Crippen LogP contribution in [0.3, 0.4) is 0 Å². The number of hydrogen-bond donors (Lipinski definition) is 2. The Hall–Kier alpha value is -3.11. The van der Waals surface area contributed by atoms with Crippen LogP contribution < -0.4 is 15.4 Å². The highest BCUT2D eigenvalue weighted by Crippen LogP contribution is 2.33. The van der Waals surface area contributed by atoms with Crippen LogP contribution in [0.25, 0.3) is 10.9 Å². The van der Waals surface area contributed by atoms with Gasteiger partial charge in [-0.25, -0.2) is 5.10 Å². The normalized spacial score (nSPS) is 20.7. The van der Waals surface area contributed by atoms with Gasteiger partial charge in [0.15, 0.2) is 5.82 Å². The molecule has 162 valence electrons. The lowest BCUT2D eigenvalue weighted by Crippen LogP contribution is -2.39. The van der Waals surface area contributed by atoms with Gasteiger partial charge in [-0.2, -0.15) is 5.10 Å². The molecule has 2 atom stereocenters. The number of hydrogen-bond acceptors (Lipinski definition) is 9. The van der Waals surface area contributed by atoms with Crippen molar-refractivity contribution in [3.05, 3.63) is 46.4 Å². The summed E-state index contributed by atoms with van der Waals surface area (Å²) in [6, 6.07) is 9.18. The summed E-state index contributed by atoms with van der Waals surface area (Å²) in [6.45, 7) is 4.64. The summed E-state index contributed by atoms with van der Waals surface area (Å²) in [6.07, 6.45) is 1.03. The first-order valence-corrected chi connectivity index (χ1v) is 10.6. The van der Waals surface area contributed by atoms with Crippen molar-refractivity contribution in [3.63, 3.8) is 0 Å². The van der Waals surface area contributed by atoms with Crippen molar-refractivity contribution >= 4 is 22.4 Å². The van der Waals surface area contributed by atoms with Crippen LogP contribution in [-0.2, 0) is 4.74 Å². The fourth-order valence-electron chi connectivity index (χ4n) is 4.43. The smallest absolute Gasteiger partial charge is 0.264 e. The molecule has 0 saturated carbocycles. The van der Waals surface area contributed by atoms with Crippen LogP contribution in [0.15, 0.2) is 35.1 Å². The second-order valence-corrected chi connectivity index (χ2v) is 8.05. The van der Waals surface area contributed by atoms with Crippen molar-refractivity contribution in [1.29, 1.82) is 0 Å². The van der Waals surface area contributed by atoms with Gasteiger partial charge in [-0.15, -0.1) is 10.2 Å². The van der Waals surface area contributed by atoms with Crippen LogP contribution in [0.5, 0.6) is 0 Å². The van der Waals surface area contributed by atoms with Crippen LogP contribution in [0, 0.1) is 5.92 Å². The van der Waals surface area contributed by atoms with Gasteiger partial charge in [0, 0.05) is 49.2 Å². The second-order valence-electron chi connectivity index (χ2n) is 8.05. The minimum absolute atomic E-state index is 0.0233. The molecular weight excluding hydrogens is 398 g/mol. The van der Waals surface area contributed by atoms with Crippen LogP contribution in [0.4, 0.5) is 11.5 Å². The van der Waals surface area contributed by atoms with Gasteiger partial charge in [-0.1, -0.05) is 0 Å². The third-order valence-corrected chi connectivity index (χ3v) is 6.10. The second kappa shape index (κ2) is 8.56. The molecule has 0 spiro atoms. The Morgan fingerprint density at radius 2 is 1.97 bits per heavy atom. The molecule has 2 saturated heterocycles. The molecule has 2 aliphatic heterocycles. The predicted molar refractivity (Wildman–Crippen MR) is 115 cm³/mol. The lowest BCUT2D eigenvalue weighted by molar-refractivity contribution is 0.0931. The lowest BCUT2D eigenvalue weighted by Gasteiger charge is -2.35.